The molecule has 1 saturated heterocycles. The number of primary amides is 1. The lowest BCUT2D eigenvalue weighted by Crippen LogP contribution is -2.39. The zero-order chi connectivity index (χ0) is 22.7. The molecule has 0 aromatic heterocycles. The first kappa shape index (κ1) is 28.7. The number of nitrogens with one attached hydrogen (secondary N) is 2. The molecule has 1 aliphatic heterocycles. The van der Waals surface area contributed by atoms with Gasteiger partial charge in [-0.2, -0.15) is 0 Å². The summed E-state index contributed by atoms with van der Waals surface area (Å²) in [6, 6.07) is 8.95. The van der Waals surface area contributed by atoms with Gasteiger partial charge >= 0.3 is 0 Å². The van der Waals surface area contributed by atoms with Crippen molar-refractivity contribution in [2.75, 3.05) is 39.3 Å². The van der Waals surface area contributed by atoms with Crippen LogP contribution in [-0.2, 0) is 16.6 Å². The Morgan fingerprint density at radius 1 is 1.12 bits per heavy atom. The van der Waals surface area contributed by atoms with E-state index in [1.54, 1.807) is 0 Å². The molecule has 32 heavy (non-hydrogen) atoms. The van der Waals surface area contributed by atoms with Crippen LogP contribution in [0.3, 0.4) is 0 Å². The van der Waals surface area contributed by atoms with Crippen molar-refractivity contribution in [3.05, 3.63) is 35.4 Å². The number of unbranched alkanes of at least 4 members (excludes halogenated alkanes) is 1. The van der Waals surface area contributed by atoms with Crippen LogP contribution < -0.4 is 16.4 Å². The van der Waals surface area contributed by atoms with Crippen LogP contribution in [0.5, 0.6) is 0 Å². The first-order valence-corrected chi connectivity index (χ1v) is 11.9. The molecule has 0 spiro atoms. The highest BCUT2D eigenvalue weighted by Crippen LogP contribution is 2.22. The summed E-state index contributed by atoms with van der Waals surface area (Å²) in [6.45, 7) is 14.4. The molecular formula is C25H44IN5O. The van der Waals surface area contributed by atoms with Crippen molar-refractivity contribution in [1.29, 1.82) is 0 Å². The third-order valence-electron chi connectivity index (χ3n) is 6.01. The molecule has 0 aliphatic carbocycles. The monoisotopic (exact) mass is 557 g/mol. The number of nitrogens with two attached hydrogens (primary N) is 1. The smallest absolute Gasteiger partial charge is 0.220 e. The second-order valence-corrected chi connectivity index (χ2v) is 9.61. The zero-order valence-electron chi connectivity index (χ0n) is 20.5. The van der Waals surface area contributed by atoms with Crippen molar-refractivity contribution in [3.63, 3.8) is 0 Å². The van der Waals surface area contributed by atoms with Crippen molar-refractivity contribution in [1.82, 2.24) is 15.5 Å². The quantitative estimate of drug-likeness (QED) is 0.178. The van der Waals surface area contributed by atoms with Crippen molar-refractivity contribution in [2.45, 2.75) is 65.2 Å². The minimum Gasteiger partial charge on any atom is -0.369 e. The van der Waals surface area contributed by atoms with E-state index < -0.39 is 0 Å². The third kappa shape index (κ3) is 10.5. The molecule has 0 atom stereocenters. The second-order valence-electron chi connectivity index (χ2n) is 9.61. The molecule has 1 fully saturated rings. The van der Waals surface area contributed by atoms with Gasteiger partial charge in [-0.05, 0) is 75.2 Å². The van der Waals surface area contributed by atoms with Gasteiger partial charge in [-0.1, -0.05) is 45.0 Å². The average molecular weight is 558 g/mol. The van der Waals surface area contributed by atoms with Crippen molar-refractivity contribution < 1.29 is 4.79 Å². The second kappa shape index (κ2) is 14.7. The number of aliphatic imine (C=N–C) groups is 1. The van der Waals surface area contributed by atoms with E-state index in [4.69, 9.17) is 10.7 Å². The Balaban J connectivity index is 0.00000512. The largest absolute Gasteiger partial charge is 0.369 e. The normalized spacial score (nSPS) is 15.8. The number of carbonyl (C=O) groups is 1. The van der Waals surface area contributed by atoms with Crippen LogP contribution in [0.15, 0.2) is 29.3 Å². The summed E-state index contributed by atoms with van der Waals surface area (Å²) in [4.78, 5) is 18.4. The fraction of sp³-hybridized carbons (Fsp3) is 0.680. The standard InChI is InChI=1S/C25H43N5O.HI/c1-5-27-24(29-16-12-20-8-10-22(11-9-20)25(2,3)4)28-15-6-7-17-30-18-13-21(14-19-30)23(26)31;/h8-11,21H,5-7,12-19H2,1-4H3,(H2,26,31)(H2,27,28,29);1H. The number of hydrogen-bond donors (Lipinski definition) is 3. The Morgan fingerprint density at radius 2 is 1.78 bits per heavy atom. The summed E-state index contributed by atoms with van der Waals surface area (Å²) >= 11 is 0. The van der Waals surface area contributed by atoms with Crippen LogP contribution >= 0.6 is 24.0 Å². The fourth-order valence-electron chi connectivity index (χ4n) is 3.92. The SMILES string of the molecule is CCNC(=NCCCCN1CCC(C(N)=O)CC1)NCCc1ccc(C(C)(C)C)cc1.I. The van der Waals surface area contributed by atoms with Gasteiger partial charge in [0.15, 0.2) is 5.96 Å². The molecule has 1 aromatic carbocycles. The van der Waals surface area contributed by atoms with Crippen molar-refractivity contribution in [2.24, 2.45) is 16.6 Å². The van der Waals surface area contributed by atoms with Gasteiger partial charge < -0.3 is 21.3 Å². The maximum atomic E-state index is 11.3. The minimum atomic E-state index is -0.139. The van der Waals surface area contributed by atoms with Crippen LogP contribution in [0.4, 0.5) is 0 Å². The molecule has 0 bridgehead atoms. The predicted molar refractivity (Wildman–Crippen MR) is 146 cm³/mol. The van der Waals surface area contributed by atoms with E-state index in [1.807, 2.05) is 0 Å². The number of carbonyl (C=O) groups excluding carboxylic acids is 1. The number of benzene rings is 1. The summed E-state index contributed by atoms with van der Waals surface area (Å²) in [5.41, 5.74) is 8.32. The molecular weight excluding hydrogens is 513 g/mol. The highest BCUT2D eigenvalue weighted by molar-refractivity contribution is 14.0. The number of hydrogen-bond acceptors (Lipinski definition) is 3. The summed E-state index contributed by atoms with van der Waals surface area (Å²) in [5.74, 6) is 0.835. The first-order valence-electron chi connectivity index (χ1n) is 11.9. The number of guanidine groups is 1. The Hall–Kier alpha value is -1.35. The van der Waals surface area contributed by atoms with Crippen LogP contribution in [0, 0.1) is 5.92 Å². The number of nitrogens with zero attached hydrogens (tertiary/aromatic N) is 2. The molecule has 0 unspecified atom stereocenters. The molecule has 0 radical (unpaired) electrons. The number of likely N-dealkylation sites (tertiary alicyclic amines) is 1. The highest BCUT2D eigenvalue weighted by atomic mass is 127. The van der Waals surface area contributed by atoms with E-state index in [0.717, 1.165) is 77.3 Å². The maximum Gasteiger partial charge on any atom is 0.220 e. The highest BCUT2D eigenvalue weighted by Gasteiger charge is 2.22. The molecule has 0 saturated carbocycles. The van der Waals surface area contributed by atoms with Gasteiger partial charge in [0.1, 0.15) is 0 Å². The lowest BCUT2D eigenvalue weighted by Gasteiger charge is -2.30. The van der Waals surface area contributed by atoms with E-state index in [2.05, 4.69) is 67.5 Å². The summed E-state index contributed by atoms with van der Waals surface area (Å²) < 4.78 is 0. The third-order valence-corrected chi connectivity index (χ3v) is 6.01. The predicted octanol–water partition coefficient (Wildman–Crippen LogP) is 3.68. The summed E-state index contributed by atoms with van der Waals surface area (Å²) in [5, 5.41) is 6.79. The Kier molecular flexibility index (Phi) is 13.2. The Labute approximate surface area is 212 Å². The lowest BCUT2D eigenvalue weighted by molar-refractivity contribution is -0.123. The maximum absolute atomic E-state index is 11.3. The number of halogens is 1. The summed E-state index contributed by atoms with van der Waals surface area (Å²) in [7, 11) is 0. The fourth-order valence-corrected chi connectivity index (χ4v) is 3.92. The van der Waals surface area contributed by atoms with Gasteiger partial charge in [0.05, 0.1) is 0 Å². The van der Waals surface area contributed by atoms with Gasteiger partial charge in [-0.15, -0.1) is 24.0 Å². The number of amides is 1. The van der Waals surface area contributed by atoms with Gasteiger partial charge in [-0.3, -0.25) is 9.79 Å². The van der Waals surface area contributed by atoms with E-state index >= 15 is 0 Å². The molecule has 2 rings (SSSR count). The molecule has 1 heterocycles. The lowest BCUT2D eigenvalue weighted by atomic mass is 9.86. The molecule has 4 N–H and O–H groups in total. The molecule has 182 valence electrons. The first-order chi connectivity index (χ1) is 14.8. The Bertz CT molecular complexity index is 691. The van der Waals surface area contributed by atoms with Crippen LogP contribution in [0.25, 0.3) is 0 Å². The molecule has 6 nitrogen and oxygen atoms in total. The zero-order valence-corrected chi connectivity index (χ0v) is 22.8. The topological polar surface area (TPSA) is 82.8 Å². The van der Waals surface area contributed by atoms with Gasteiger partial charge in [0.2, 0.25) is 5.91 Å². The molecule has 1 aromatic rings. The van der Waals surface area contributed by atoms with Crippen molar-refractivity contribution >= 4 is 35.8 Å². The average Bonchev–Trinajstić information content (AvgIpc) is 2.73. The van der Waals surface area contributed by atoms with E-state index in [-0.39, 0.29) is 41.2 Å². The van der Waals surface area contributed by atoms with Crippen LogP contribution in [-0.4, -0.2) is 56.0 Å². The van der Waals surface area contributed by atoms with E-state index in [1.165, 1.54) is 11.1 Å². The Morgan fingerprint density at radius 3 is 2.34 bits per heavy atom. The van der Waals surface area contributed by atoms with Gasteiger partial charge in [0, 0.05) is 25.6 Å². The molecule has 7 heteroatoms. The van der Waals surface area contributed by atoms with E-state index in [0.29, 0.717) is 0 Å². The van der Waals surface area contributed by atoms with Gasteiger partial charge in [-0.25, -0.2) is 0 Å². The van der Waals surface area contributed by atoms with Crippen LogP contribution in [0.2, 0.25) is 0 Å². The summed E-state index contributed by atoms with van der Waals surface area (Å²) in [6.07, 6.45) is 4.99. The van der Waals surface area contributed by atoms with E-state index in [9.17, 15) is 4.79 Å². The van der Waals surface area contributed by atoms with Crippen molar-refractivity contribution in [3.8, 4) is 0 Å². The minimum absolute atomic E-state index is 0. The molecule has 1 aliphatic rings. The number of rotatable bonds is 10. The molecule has 1 amide bonds. The number of piperidine rings is 1. The van der Waals surface area contributed by atoms with Crippen LogP contribution in [0.1, 0.15) is 64.5 Å². The van der Waals surface area contributed by atoms with Gasteiger partial charge in [0.25, 0.3) is 0 Å².